The predicted molar refractivity (Wildman–Crippen MR) is 59.7 cm³/mol. The van der Waals surface area contributed by atoms with E-state index in [1.165, 1.54) is 0 Å². The Hall–Kier alpha value is -1.62. The second-order valence-electron chi connectivity index (χ2n) is 3.88. The lowest BCUT2D eigenvalue weighted by Crippen LogP contribution is -2.25. The Labute approximate surface area is 94.3 Å². The quantitative estimate of drug-likeness (QED) is 0.813. The van der Waals surface area contributed by atoms with Crippen molar-refractivity contribution in [2.45, 2.75) is 25.3 Å². The third-order valence-corrected chi connectivity index (χ3v) is 2.59. The molecular formula is C11H16N4O. The molecule has 2 rings (SSSR count). The number of furan rings is 1. The second kappa shape index (κ2) is 4.94. The summed E-state index contributed by atoms with van der Waals surface area (Å²) in [6.07, 6.45) is 5.74. The first-order chi connectivity index (χ1) is 7.75. The fourth-order valence-corrected chi connectivity index (χ4v) is 1.62. The maximum absolute atomic E-state index is 6.03. The summed E-state index contributed by atoms with van der Waals surface area (Å²) in [4.78, 5) is 4.15. The van der Waals surface area contributed by atoms with E-state index < -0.39 is 0 Å². The Bertz CT molecular complexity index is 421. The van der Waals surface area contributed by atoms with E-state index in [-0.39, 0.29) is 6.04 Å². The van der Waals surface area contributed by atoms with Crippen LogP contribution in [0.1, 0.15) is 18.0 Å². The molecule has 0 aliphatic carbocycles. The molecule has 0 saturated carbocycles. The highest BCUT2D eigenvalue weighted by Crippen LogP contribution is 2.07. The average molecular weight is 220 g/mol. The van der Waals surface area contributed by atoms with Gasteiger partial charge < -0.3 is 10.2 Å². The summed E-state index contributed by atoms with van der Waals surface area (Å²) in [6, 6.07) is 3.95. The molecule has 5 nitrogen and oxygen atoms in total. The first-order valence-corrected chi connectivity index (χ1v) is 5.36. The average Bonchev–Trinajstić information content (AvgIpc) is 2.88. The van der Waals surface area contributed by atoms with Gasteiger partial charge in [0.05, 0.1) is 6.26 Å². The molecule has 0 saturated heterocycles. The third-order valence-electron chi connectivity index (χ3n) is 2.59. The molecule has 0 bridgehead atoms. The molecule has 86 valence electrons. The SMILES string of the molecule is Cn1ncnc1CC(N)CCc1ccco1. The zero-order valence-corrected chi connectivity index (χ0v) is 9.34. The maximum Gasteiger partial charge on any atom is 0.138 e. The van der Waals surface area contributed by atoms with Crippen LogP contribution >= 0.6 is 0 Å². The van der Waals surface area contributed by atoms with Gasteiger partial charge >= 0.3 is 0 Å². The van der Waals surface area contributed by atoms with Gasteiger partial charge in [0.15, 0.2) is 0 Å². The van der Waals surface area contributed by atoms with E-state index in [4.69, 9.17) is 10.2 Å². The first-order valence-electron chi connectivity index (χ1n) is 5.36. The molecule has 2 aromatic heterocycles. The summed E-state index contributed by atoms with van der Waals surface area (Å²) >= 11 is 0. The van der Waals surface area contributed by atoms with Gasteiger partial charge in [0.1, 0.15) is 17.9 Å². The molecule has 5 heteroatoms. The van der Waals surface area contributed by atoms with Crippen LogP contribution in [0.2, 0.25) is 0 Å². The van der Waals surface area contributed by atoms with E-state index in [1.807, 2.05) is 19.2 Å². The normalized spacial score (nSPS) is 12.9. The van der Waals surface area contributed by atoms with Crippen molar-refractivity contribution >= 4 is 0 Å². The smallest absolute Gasteiger partial charge is 0.138 e. The molecule has 1 atom stereocenters. The number of rotatable bonds is 5. The fourth-order valence-electron chi connectivity index (χ4n) is 1.62. The molecule has 0 aliphatic rings. The van der Waals surface area contributed by atoms with Crippen LogP contribution in [0.15, 0.2) is 29.1 Å². The van der Waals surface area contributed by atoms with Crippen LogP contribution in [0.5, 0.6) is 0 Å². The zero-order valence-electron chi connectivity index (χ0n) is 9.34. The number of hydrogen-bond donors (Lipinski definition) is 1. The van der Waals surface area contributed by atoms with Crippen LogP contribution in [0, 0.1) is 0 Å². The number of hydrogen-bond acceptors (Lipinski definition) is 4. The van der Waals surface area contributed by atoms with E-state index in [9.17, 15) is 0 Å². The van der Waals surface area contributed by atoms with E-state index in [1.54, 1.807) is 17.3 Å². The lowest BCUT2D eigenvalue weighted by Gasteiger charge is -2.09. The van der Waals surface area contributed by atoms with Crippen molar-refractivity contribution in [3.05, 3.63) is 36.3 Å². The molecule has 0 spiro atoms. The molecule has 0 radical (unpaired) electrons. The Morgan fingerprint density at radius 2 is 2.44 bits per heavy atom. The Morgan fingerprint density at radius 3 is 3.06 bits per heavy atom. The summed E-state index contributed by atoms with van der Waals surface area (Å²) in [6.45, 7) is 0. The third kappa shape index (κ3) is 2.70. The molecule has 0 amide bonds. The number of nitrogens with two attached hydrogens (primary N) is 1. The van der Waals surface area contributed by atoms with E-state index >= 15 is 0 Å². The maximum atomic E-state index is 6.03. The van der Waals surface area contributed by atoms with Gasteiger partial charge in [-0.25, -0.2) is 4.98 Å². The standard InChI is InChI=1S/C11H16N4O/c1-15-11(13-8-14-15)7-9(12)4-5-10-3-2-6-16-10/h2-3,6,8-9H,4-5,7,12H2,1H3. The van der Waals surface area contributed by atoms with Gasteiger partial charge in [-0.1, -0.05) is 0 Å². The van der Waals surface area contributed by atoms with Crippen LogP contribution in [0.3, 0.4) is 0 Å². The van der Waals surface area contributed by atoms with Gasteiger partial charge in [0, 0.05) is 25.9 Å². The van der Waals surface area contributed by atoms with Gasteiger partial charge in [0.25, 0.3) is 0 Å². The van der Waals surface area contributed by atoms with Gasteiger partial charge in [-0.2, -0.15) is 5.10 Å². The minimum absolute atomic E-state index is 0.0907. The molecule has 0 fully saturated rings. The predicted octanol–water partition coefficient (Wildman–Crippen LogP) is 0.911. The van der Waals surface area contributed by atoms with Crippen molar-refractivity contribution in [2.24, 2.45) is 12.8 Å². The van der Waals surface area contributed by atoms with E-state index in [2.05, 4.69) is 10.1 Å². The second-order valence-corrected chi connectivity index (χ2v) is 3.88. The Morgan fingerprint density at radius 1 is 1.56 bits per heavy atom. The minimum Gasteiger partial charge on any atom is -0.469 e. The summed E-state index contributed by atoms with van der Waals surface area (Å²) in [5.74, 6) is 1.90. The highest BCUT2D eigenvalue weighted by molar-refractivity contribution is 4.99. The topological polar surface area (TPSA) is 69.9 Å². The van der Waals surface area contributed by atoms with E-state index in [0.29, 0.717) is 0 Å². The lowest BCUT2D eigenvalue weighted by atomic mass is 10.1. The molecular weight excluding hydrogens is 204 g/mol. The van der Waals surface area contributed by atoms with Crippen LogP contribution in [-0.4, -0.2) is 20.8 Å². The number of aromatic nitrogens is 3. The summed E-state index contributed by atoms with van der Waals surface area (Å²) < 4.78 is 7.01. The highest BCUT2D eigenvalue weighted by Gasteiger charge is 2.09. The first kappa shape index (κ1) is 10.9. The molecule has 2 heterocycles. The van der Waals surface area contributed by atoms with Gasteiger partial charge in [-0.05, 0) is 18.6 Å². The zero-order chi connectivity index (χ0) is 11.4. The number of aryl methyl sites for hydroxylation is 2. The Balaban J connectivity index is 1.81. The van der Waals surface area contributed by atoms with Crippen LogP contribution in [0.4, 0.5) is 0 Å². The van der Waals surface area contributed by atoms with Crippen LogP contribution < -0.4 is 5.73 Å². The summed E-state index contributed by atoms with van der Waals surface area (Å²) in [5, 5.41) is 4.01. The van der Waals surface area contributed by atoms with Crippen molar-refractivity contribution in [1.29, 1.82) is 0 Å². The Kier molecular flexibility index (Phi) is 3.36. The van der Waals surface area contributed by atoms with Crippen LogP contribution in [0.25, 0.3) is 0 Å². The van der Waals surface area contributed by atoms with Crippen molar-refractivity contribution in [3.8, 4) is 0 Å². The van der Waals surface area contributed by atoms with Crippen LogP contribution in [-0.2, 0) is 19.9 Å². The number of nitrogens with zero attached hydrogens (tertiary/aromatic N) is 3. The van der Waals surface area contributed by atoms with Crippen molar-refractivity contribution in [2.75, 3.05) is 0 Å². The largest absolute Gasteiger partial charge is 0.469 e. The molecule has 2 N–H and O–H groups in total. The van der Waals surface area contributed by atoms with Crippen molar-refractivity contribution in [3.63, 3.8) is 0 Å². The molecule has 2 aromatic rings. The van der Waals surface area contributed by atoms with Gasteiger partial charge in [0.2, 0.25) is 0 Å². The fraction of sp³-hybridized carbons (Fsp3) is 0.455. The highest BCUT2D eigenvalue weighted by atomic mass is 16.3. The molecule has 1 unspecified atom stereocenters. The summed E-state index contributed by atoms with van der Waals surface area (Å²) in [7, 11) is 1.88. The van der Waals surface area contributed by atoms with Crippen molar-refractivity contribution in [1.82, 2.24) is 14.8 Å². The lowest BCUT2D eigenvalue weighted by molar-refractivity contribution is 0.479. The minimum atomic E-state index is 0.0907. The molecule has 0 aromatic carbocycles. The van der Waals surface area contributed by atoms with E-state index in [0.717, 1.165) is 30.8 Å². The molecule has 0 aliphatic heterocycles. The monoisotopic (exact) mass is 220 g/mol. The summed E-state index contributed by atoms with van der Waals surface area (Å²) in [5.41, 5.74) is 6.03. The van der Waals surface area contributed by atoms with Crippen molar-refractivity contribution < 1.29 is 4.42 Å². The molecule has 16 heavy (non-hydrogen) atoms. The van der Waals surface area contributed by atoms with Gasteiger partial charge in [-0.3, -0.25) is 4.68 Å². The van der Waals surface area contributed by atoms with Gasteiger partial charge in [-0.15, -0.1) is 0 Å².